The summed E-state index contributed by atoms with van der Waals surface area (Å²) in [5, 5.41) is 7.45. The number of H-pyrrole nitrogens is 1. The van der Waals surface area contributed by atoms with Crippen molar-refractivity contribution in [1.82, 2.24) is 19.7 Å². The van der Waals surface area contributed by atoms with Gasteiger partial charge in [-0.1, -0.05) is 12.1 Å². The molecule has 0 unspecified atom stereocenters. The number of aromatic nitrogens is 4. The second kappa shape index (κ2) is 7.75. The maximum absolute atomic E-state index is 12.8. The average Bonchev–Trinajstić information content (AvgIpc) is 3.44. The largest absolute Gasteiger partial charge is 0.483 e. The smallest absolute Gasteiger partial charge is 0.263 e. The molecule has 1 aromatic carbocycles. The number of hydrogen-bond acceptors (Lipinski definition) is 6. The van der Waals surface area contributed by atoms with E-state index in [9.17, 15) is 9.59 Å². The fourth-order valence-corrected chi connectivity index (χ4v) is 3.98. The highest BCUT2D eigenvalue weighted by Gasteiger charge is 2.32. The molecule has 0 bridgehead atoms. The van der Waals surface area contributed by atoms with E-state index in [1.165, 1.54) is 4.68 Å². The lowest BCUT2D eigenvalue weighted by Gasteiger charge is -2.18. The quantitative estimate of drug-likeness (QED) is 0.598. The normalized spacial score (nSPS) is 16.2. The Balaban J connectivity index is 1.35. The number of aromatic amines is 1. The van der Waals surface area contributed by atoms with Gasteiger partial charge in [-0.05, 0) is 46.6 Å². The molecule has 0 radical (unpaired) electrons. The first-order valence-corrected chi connectivity index (χ1v) is 11.1. The zero-order valence-corrected chi connectivity index (χ0v) is 19.2. The molecule has 9 nitrogen and oxygen atoms in total. The molecule has 1 saturated carbocycles. The Hall–Kier alpha value is -3.62. The number of amides is 1. The first-order chi connectivity index (χ1) is 15.7. The fourth-order valence-electron chi connectivity index (χ4n) is 3.98. The van der Waals surface area contributed by atoms with Gasteiger partial charge in [-0.2, -0.15) is 9.78 Å². The molecule has 172 valence electrons. The van der Waals surface area contributed by atoms with Gasteiger partial charge in [0, 0.05) is 35.2 Å². The van der Waals surface area contributed by atoms with Gasteiger partial charge in [0.2, 0.25) is 5.95 Å². The number of carbonyl (C=O) groups excluding carboxylic acids is 1. The maximum Gasteiger partial charge on any atom is 0.263 e. The SMILES string of the molecule is Cc1nc(-n2nc(C3CC3)cc2NC(=O)COc2cccc3c2OC(C)(C)C3)[nH]c(=O)c1C. The van der Waals surface area contributed by atoms with Crippen LogP contribution < -0.4 is 20.3 Å². The van der Waals surface area contributed by atoms with Crippen LogP contribution in [0, 0.1) is 13.8 Å². The zero-order chi connectivity index (χ0) is 23.3. The average molecular weight is 450 g/mol. The summed E-state index contributed by atoms with van der Waals surface area (Å²) in [5.74, 6) is 1.95. The first kappa shape index (κ1) is 21.2. The standard InChI is InChI=1S/C24H27N5O4/c1-13-14(2)25-23(27-22(13)31)29-19(10-17(28-29)15-8-9-15)26-20(30)12-32-18-7-5-6-16-11-24(3,4)33-21(16)18/h5-7,10,15H,8-9,11-12H2,1-4H3,(H,26,30)(H,25,27,31). The van der Waals surface area contributed by atoms with E-state index in [-0.39, 0.29) is 29.6 Å². The molecule has 3 heterocycles. The molecule has 1 aliphatic heterocycles. The summed E-state index contributed by atoms with van der Waals surface area (Å²) < 4.78 is 13.3. The van der Waals surface area contributed by atoms with Crippen molar-refractivity contribution in [1.29, 1.82) is 0 Å². The summed E-state index contributed by atoms with van der Waals surface area (Å²) in [6, 6.07) is 7.53. The summed E-state index contributed by atoms with van der Waals surface area (Å²) in [5.41, 5.74) is 2.55. The summed E-state index contributed by atoms with van der Waals surface area (Å²) in [7, 11) is 0. The van der Waals surface area contributed by atoms with Crippen LogP contribution in [0.4, 0.5) is 5.82 Å². The molecule has 9 heteroatoms. The lowest BCUT2D eigenvalue weighted by atomic mass is 10.0. The Bertz CT molecular complexity index is 1300. The topological polar surface area (TPSA) is 111 Å². The first-order valence-electron chi connectivity index (χ1n) is 11.1. The number of aryl methyl sites for hydroxylation is 1. The third-order valence-corrected chi connectivity index (χ3v) is 5.99. The molecule has 1 fully saturated rings. The van der Waals surface area contributed by atoms with Crippen molar-refractivity contribution < 1.29 is 14.3 Å². The van der Waals surface area contributed by atoms with Crippen LogP contribution in [0.2, 0.25) is 0 Å². The summed E-state index contributed by atoms with van der Waals surface area (Å²) in [4.78, 5) is 32.2. The minimum absolute atomic E-state index is 0.193. The zero-order valence-electron chi connectivity index (χ0n) is 19.2. The van der Waals surface area contributed by atoms with Crippen LogP contribution in [0.1, 0.15) is 55.1 Å². The van der Waals surface area contributed by atoms with Crippen LogP contribution in [-0.2, 0) is 11.2 Å². The summed E-state index contributed by atoms with van der Waals surface area (Å²) >= 11 is 0. The molecule has 0 atom stereocenters. The molecule has 2 N–H and O–H groups in total. The van der Waals surface area contributed by atoms with E-state index < -0.39 is 0 Å². The Morgan fingerprint density at radius 3 is 2.85 bits per heavy atom. The molecular weight excluding hydrogens is 422 g/mol. The highest BCUT2D eigenvalue weighted by molar-refractivity contribution is 5.91. The van der Waals surface area contributed by atoms with Gasteiger partial charge in [0.1, 0.15) is 11.4 Å². The second-order valence-electron chi connectivity index (χ2n) is 9.36. The third kappa shape index (κ3) is 4.22. The fraction of sp³-hybridized carbons (Fsp3) is 0.417. The van der Waals surface area contributed by atoms with E-state index >= 15 is 0 Å². The number of carbonyl (C=O) groups is 1. The number of nitrogens with zero attached hydrogens (tertiary/aromatic N) is 3. The molecule has 1 aliphatic carbocycles. The predicted octanol–water partition coefficient (Wildman–Crippen LogP) is 3.18. The third-order valence-electron chi connectivity index (χ3n) is 5.99. The van der Waals surface area contributed by atoms with Crippen molar-refractivity contribution in [2.45, 2.75) is 58.5 Å². The van der Waals surface area contributed by atoms with Gasteiger partial charge in [-0.3, -0.25) is 14.6 Å². The van der Waals surface area contributed by atoms with Crippen LogP contribution in [0.15, 0.2) is 29.1 Å². The van der Waals surface area contributed by atoms with Crippen molar-refractivity contribution in [3.05, 3.63) is 57.1 Å². The number of ether oxygens (including phenoxy) is 2. The van der Waals surface area contributed by atoms with Crippen LogP contribution >= 0.6 is 0 Å². The van der Waals surface area contributed by atoms with Gasteiger partial charge >= 0.3 is 0 Å². The van der Waals surface area contributed by atoms with Crippen molar-refractivity contribution in [2.24, 2.45) is 0 Å². The Kier molecular flexibility index (Phi) is 4.99. The predicted molar refractivity (Wildman–Crippen MR) is 122 cm³/mol. The molecule has 0 spiro atoms. The van der Waals surface area contributed by atoms with E-state index in [4.69, 9.17) is 9.47 Å². The molecule has 33 heavy (non-hydrogen) atoms. The highest BCUT2D eigenvalue weighted by Crippen LogP contribution is 2.42. The van der Waals surface area contributed by atoms with Crippen LogP contribution in [0.5, 0.6) is 11.5 Å². The molecule has 1 amide bonds. The molecule has 2 aromatic heterocycles. The minimum atomic E-state index is -0.348. The van der Waals surface area contributed by atoms with E-state index in [2.05, 4.69) is 20.4 Å². The molecule has 3 aromatic rings. The number of fused-ring (bicyclic) bond motifs is 1. The van der Waals surface area contributed by atoms with Gasteiger partial charge in [0.25, 0.3) is 11.5 Å². The number of anilines is 1. The van der Waals surface area contributed by atoms with Gasteiger partial charge in [0.05, 0.1) is 5.69 Å². The number of para-hydroxylation sites is 1. The van der Waals surface area contributed by atoms with Crippen molar-refractivity contribution in [2.75, 3.05) is 11.9 Å². The number of hydrogen-bond donors (Lipinski definition) is 2. The lowest BCUT2D eigenvalue weighted by Crippen LogP contribution is -2.25. The van der Waals surface area contributed by atoms with Crippen LogP contribution in [-0.4, -0.2) is 37.9 Å². The van der Waals surface area contributed by atoms with Crippen molar-refractivity contribution in [3.63, 3.8) is 0 Å². The summed E-state index contributed by atoms with van der Waals surface area (Å²) in [6.07, 6.45) is 2.90. The lowest BCUT2D eigenvalue weighted by molar-refractivity contribution is -0.118. The number of rotatable bonds is 6. The Morgan fingerprint density at radius 1 is 1.33 bits per heavy atom. The highest BCUT2D eigenvalue weighted by atomic mass is 16.5. The van der Waals surface area contributed by atoms with E-state index in [1.807, 2.05) is 32.0 Å². The van der Waals surface area contributed by atoms with Gasteiger partial charge in [-0.15, -0.1) is 0 Å². The number of benzene rings is 1. The van der Waals surface area contributed by atoms with Crippen LogP contribution in [0.25, 0.3) is 5.95 Å². The number of nitrogens with one attached hydrogen (secondary N) is 2. The van der Waals surface area contributed by atoms with Crippen molar-refractivity contribution >= 4 is 11.7 Å². The molecular formula is C24H27N5O4. The molecule has 0 saturated heterocycles. The van der Waals surface area contributed by atoms with Crippen molar-refractivity contribution in [3.8, 4) is 17.4 Å². The molecule has 5 rings (SSSR count). The Labute approximate surface area is 191 Å². The van der Waals surface area contributed by atoms with Crippen LogP contribution in [0.3, 0.4) is 0 Å². The maximum atomic E-state index is 12.8. The van der Waals surface area contributed by atoms with Gasteiger partial charge in [-0.25, -0.2) is 4.98 Å². The monoisotopic (exact) mass is 449 g/mol. The minimum Gasteiger partial charge on any atom is -0.483 e. The Morgan fingerprint density at radius 2 is 2.12 bits per heavy atom. The van der Waals surface area contributed by atoms with E-state index in [1.54, 1.807) is 19.9 Å². The van der Waals surface area contributed by atoms with Gasteiger partial charge < -0.3 is 14.8 Å². The van der Waals surface area contributed by atoms with E-state index in [0.717, 1.165) is 30.5 Å². The van der Waals surface area contributed by atoms with Gasteiger partial charge in [0.15, 0.2) is 18.1 Å². The summed E-state index contributed by atoms with van der Waals surface area (Å²) in [6.45, 7) is 7.34. The second-order valence-corrected chi connectivity index (χ2v) is 9.36. The van der Waals surface area contributed by atoms with E-state index in [0.29, 0.717) is 34.5 Å². The molecule has 2 aliphatic rings.